The largest absolute Gasteiger partial charge is 0.465 e. The molecule has 0 spiro atoms. The fourth-order valence-electron chi connectivity index (χ4n) is 1.98. The first-order valence-electron chi connectivity index (χ1n) is 6.68. The Morgan fingerprint density at radius 2 is 2.20 bits per heavy atom. The lowest BCUT2D eigenvalue weighted by molar-refractivity contribution is 0.0947. The summed E-state index contributed by atoms with van der Waals surface area (Å²) in [6, 6.07) is 7.08. The van der Waals surface area contributed by atoms with Gasteiger partial charge in [-0.05, 0) is 37.6 Å². The van der Waals surface area contributed by atoms with Crippen LogP contribution in [-0.2, 0) is 13.0 Å². The minimum Gasteiger partial charge on any atom is -0.465 e. The Morgan fingerprint density at radius 1 is 1.40 bits per heavy atom. The van der Waals surface area contributed by atoms with Gasteiger partial charge in [-0.1, -0.05) is 13.3 Å². The van der Waals surface area contributed by atoms with Crippen LogP contribution in [0.3, 0.4) is 0 Å². The van der Waals surface area contributed by atoms with Crippen LogP contribution in [-0.4, -0.2) is 10.9 Å². The standard InChI is InChI=1S/C15H19N3O2/c1-3-4-12-7-11(8-14(16)18-12)15(19)17-9-13-6-5-10(2)20-13/h5-8H,3-4,9H2,1-2H3,(H2,16,18)(H,17,19). The molecule has 2 rings (SSSR count). The van der Waals surface area contributed by atoms with Crippen LogP contribution < -0.4 is 11.1 Å². The lowest BCUT2D eigenvalue weighted by Crippen LogP contribution is -2.23. The van der Waals surface area contributed by atoms with Gasteiger partial charge in [0.25, 0.3) is 5.91 Å². The van der Waals surface area contributed by atoms with E-state index in [2.05, 4.69) is 17.2 Å². The number of hydrogen-bond acceptors (Lipinski definition) is 4. The third-order valence-corrected chi connectivity index (χ3v) is 2.89. The highest BCUT2D eigenvalue weighted by molar-refractivity contribution is 5.94. The number of nitrogens with two attached hydrogens (primary N) is 1. The maximum Gasteiger partial charge on any atom is 0.251 e. The Morgan fingerprint density at radius 3 is 2.85 bits per heavy atom. The minimum absolute atomic E-state index is 0.175. The van der Waals surface area contributed by atoms with Gasteiger partial charge in [-0.25, -0.2) is 4.98 Å². The summed E-state index contributed by atoms with van der Waals surface area (Å²) in [4.78, 5) is 16.3. The number of nitrogen functional groups attached to an aromatic ring is 1. The van der Waals surface area contributed by atoms with Crippen molar-refractivity contribution in [3.63, 3.8) is 0 Å². The summed E-state index contributed by atoms with van der Waals surface area (Å²) in [6.45, 7) is 4.29. The number of furan rings is 1. The van der Waals surface area contributed by atoms with Crippen LogP contribution in [0.2, 0.25) is 0 Å². The van der Waals surface area contributed by atoms with E-state index in [1.54, 1.807) is 12.1 Å². The van der Waals surface area contributed by atoms with E-state index in [9.17, 15) is 4.79 Å². The van der Waals surface area contributed by atoms with Crippen molar-refractivity contribution in [2.45, 2.75) is 33.2 Å². The van der Waals surface area contributed by atoms with Gasteiger partial charge in [-0.3, -0.25) is 4.79 Å². The van der Waals surface area contributed by atoms with Crippen LogP contribution >= 0.6 is 0 Å². The predicted octanol–water partition coefficient (Wildman–Crippen LogP) is 2.45. The first kappa shape index (κ1) is 14.1. The Labute approximate surface area is 118 Å². The van der Waals surface area contributed by atoms with Crippen molar-refractivity contribution in [1.82, 2.24) is 10.3 Å². The number of pyridine rings is 1. The lowest BCUT2D eigenvalue weighted by atomic mass is 10.1. The Bertz CT molecular complexity index is 605. The molecule has 0 bridgehead atoms. The molecule has 20 heavy (non-hydrogen) atoms. The smallest absolute Gasteiger partial charge is 0.251 e. The van der Waals surface area contributed by atoms with Gasteiger partial charge in [-0.15, -0.1) is 0 Å². The number of nitrogens with one attached hydrogen (secondary N) is 1. The molecule has 0 fully saturated rings. The molecule has 0 aliphatic heterocycles. The van der Waals surface area contributed by atoms with Gasteiger partial charge in [0.05, 0.1) is 6.54 Å². The highest BCUT2D eigenvalue weighted by atomic mass is 16.3. The summed E-state index contributed by atoms with van der Waals surface area (Å²) in [5.41, 5.74) is 7.10. The summed E-state index contributed by atoms with van der Waals surface area (Å²) < 4.78 is 5.40. The molecular formula is C15H19N3O2. The topological polar surface area (TPSA) is 81.2 Å². The molecule has 5 nitrogen and oxygen atoms in total. The summed E-state index contributed by atoms with van der Waals surface area (Å²) in [7, 11) is 0. The average molecular weight is 273 g/mol. The van der Waals surface area contributed by atoms with Gasteiger partial charge < -0.3 is 15.5 Å². The monoisotopic (exact) mass is 273 g/mol. The number of carbonyl (C=O) groups is 1. The van der Waals surface area contributed by atoms with E-state index in [4.69, 9.17) is 10.2 Å². The molecule has 2 aromatic rings. The third-order valence-electron chi connectivity index (χ3n) is 2.89. The Kier molecular flexibility index (Phi) is 4.40. The maximum atomic E-state index is 12.1. The molecule has 0 saturated carbocycles. The summed E-state index contributed by atoms with van der Waals surface area (Å²) >= 11 is 0. The number of nitrogens with zero attached hydrogens (tertiary/aromatic N) is 1. The molecule has 0 aliphatic rings. The fraction of sp³-hybridized carbons (Fsp3) is 0.333. The molecule has 0 aliphatic carbocycles. The Balaban J connectivity index is 2.04. The fourth-order valence-corrected chi connectivity index (χ4v) is 1.98. The molecule has 2 aromatic heterocycles. The van der Waals surface area contributed by atoms with E-state index in [1.165, 1.54) is 0 Å². The molecular weight excluding hydrogens is 254 g/mol. The highest BCUT2D eigenvalue weighted by Crippen LogP contribution is 2.11. The van der Waals surface area contributed by atoms with Crippen LogP contribution in [0, 0.1) is 6.92 Å². The minimum atomic E-state index is -0.175. The van der Waals surface area contributed by atoms with Crippen molar-refractivity contribution in [3.8, 4) is 0 Å². The molecule has 0 atom stereocenters. The zero-order valence-corrected chi connectivity index (χ0v) is 11.8. The number of rotatable bonds is 5. The van der Waals surface area contributed by atoms with Crippen LogP contribution in [0.1, 0.15) is 40.9 Å². The van der Waals surface area contributed by atoms with Crippen molar-refractivity contribution in [2.24, 2.45) is 0 Å². The lowest BCUT2D eigenvalue weighted by Gasteiger charge is -2.06. The zero-order chi connectivity index (χ0) is 14.5. The molecule has 0 saturated heterocycles. The molecule has 0 aromatic carbocycles. The second kappa shape index (κ2) is 6.23. The molecule has 2 heterocycles. The molecule has 5 heteroatoms. The molecule has 0 unspecified atom stereocenters. The third kappa shape index (κ3) is 3.60. The first-order valence-corrected chi connectivity index (χ1v) is 6.68. The van der Waals surface area contributed by atoms with E-state index in [0.29, 0.717) is 17.9 Å². The zero-order valence-electron chi connectivity index (χ0n) is 11.8. The number of aryl methyl sites for hydroxylation is 2. The van der Waals surface area contributed by atoms with Crippen LogP contribution in [0.4, 0.5) is 5.82 Å². The first-order chi connectivity index (χ1) is 9.58. The molecule has 0 radical (unpaired) electrons. The maximum absolute atomic E-state index is 12.1. The van der Waals surface area contributed by atoms with Crippen LogP contribution in [0.5, 0.6) is 0 Å². The number of anilines is 1. The van der Waals surface area contributed by atoms with E-state index in [1.807, 2.05) is 19.1 Å². The van der Waals surface area contributed by atoms with E-state index in [0.717, 1.165) is 30.1 Å². The average Bonchev–Trinajstić information content (AvgIpc) is 2.81. The molecule has 3 N–H and O–H groups in total. The van der Waals surface area contributed by atoms with E-state index < -0.39 is 0 Å². The van der Waals surface area contributed by atoms with E-state index in [-0.39, 0.29) is 5.91 Å². The van der Waals surface area contributed by atoms with Crippen molar-refractivity contribution < 1.29 is 9.21 Å². The number of carbonyl (C=O) groups excluding carboxylic acids is 1. The summed E-state index contributed by atoms with van der Waals surface area (Å²) in [5, 5.41) is 2.81. The number of amides is 1. The Hall–Kier alpha value is -2.30. The van der Waals surface area contributed by atoms with Crippen molar-refractivity contribution >= 4 is 11.7 Å². The second-order valence-electron chi connectivity index (χ2n) is 4.72. The summed E-state index contributed by atoms with van der Waals surface area (Å²) in [5.74, 6) is 1.75. The van der Waals surface area contributed by atoms with Gasteiger partial charge in [0.15, 0.2) is 0 Å². The van der Waals surface area contributed by atoms with Crippen molar-refractivity contribution in [2.75, 3.05) is 5.73 Å². The highest BCUT2D eigenvalue weighted by Gasteiger charge is 2.09. The van der Waals surface area contributed by atoms with Crippen LogP contribution in [0.25, 0.3) is 0 Å². The van der Waals surface area contributed by atoms with E-state index >= 15 is 0 Å². The normalized spacial score (nSPS) is 10.5. The van der Waals surface area contributed by atoms with Crippen LogP contribution in [0.15, 0.2) is 28.7 Å². The SMILES string of the molecule is CCCc1cc(C(=O)NCc2ccc(C)o2)cc(N)n1. The number of aromatic nitrogens is 1. The van der Waals surface area contributed by atoms with Gasteiger partial charge in [0.1, 0.15) is 17.3 Å². The molecule has 106 valence electrons. The molecule has 1 amide bonds. The second-order valence-corrected chi connectivity index (χ2v) is 4.72. The van der Waals surface area contributed by atoms with Gasteiger partial charge in [0, 0.05) is 11.3 Å². The van der Waals surface area contributed by atoms with Crippen molar-refractivity contribution in [1.29, 1.82) is 0 Å². The summed E-state index contributed by atoms with van der Waals surface area (Å²) in [6.07, 6.45) is 1.77. The van der Waals surface area contributed by atoms with Gasteiger partial charge in [0.2, 0.25) is 0 Å². The predicted molar refractivity (Wildman–Crippen MR) is 77.3 cm³/mol. The quantitative estimate of drug-likeness (QED) is 0.876. The van der Waals surface area contributed by atoms with Gasteiger partial charge >= 0.3 is 0 Å². The van der Waals surface area contributed by atoms with Gasteiger partial charge in [-0.2, -0.15) is 0 Å². The number of hydrogen-bond donors (Lipinski definition) is 2. The van der Waals surface area contributed by atoms with Crippen molar-refractivity contribution in [3.05, 3.63) is 47.0 Å².